The fourth-order valence-electron chi connectivity index (χ4n) is 2.39. The summed E-state index contributed by atoms with van der Waals surface area (Å²) in [5, 5.41) is 8.96. The predicted molar refractivity (Wildman–Crippen MR) is 74.4 cm³/mol. The first kappa shape index (κ1) is 14.0. The third kappa shape index (κ3) is 3.33. The summed E-state index contributed by atoms with van der Waals surface area (Å²) in [6.07, 6.45) is 3.90. The molecule has 1 aliphatic rings. The first-order chi connectivity index (χ1) is 9.24. The number of hydrogen-bond donors (Lipinski definition) is 2. The fourth-order valence-corrected chi connectivity index (χ4v) is 2.39. The molecule has 1 saturated carbocycles. The van der Waals surface area contributed by atoms with E-state index in [1.54, 1.807) is 0 Å². The molecule has 0 heterocycles. The van der Waals surface area contributed by atoms with Crippen LogP contribution in [0.4, 0.5) is 0 Å². The summed E-state index contributed by atoms with van der Waals surface area (Å²) in [6, 6.07) is 9.18. The van der Waals surface area contributed by atoms with E-state index in [4.69, 9.17) is 10.8 Å². The molecule has 1 atom stereocenters. The van der Waals surface area contributed by atoms with Gasteiger partial charge in [-0.15, -0.1) is 0 Å². The van der Waals surface area contributed by atoms with Gasteiger partial charge in [-0.05, 0) is 31.2 Å². The Balaban J connectivity index is 2.05. The molecule has 1 aromatic carbocycles. The SMILES string of the molecule is NC(C(=O)N(CCCO)C1CCC1)c1ccccc1. The minimum atomic E-state index is -0.597. The molecule has 1 amide bonds. The van der Waals surface area contributed by atoms with Crippen LogP contribution in [0.3, 0.4) is 0 Å². The number of nitrogens with two attached hydrogens (primary N) is 1. The Morgan fingerprint density at radius 2 is 2.05 bits per heavy atom. The summed E-state index contributed by atoms with van der Waals surface area (Å²) < 4.78 is 0. The molecule has 0 bridgehead atoms. The van der Waals surface area contributed by atoms with Gasteiger partial charge in [0, 0.05) is 19.2 Å². The van der Waals surface area contributed by atoms with Crippen LogP contribution in [-0.2, 0) is 4.79 Å². The second-order valence-electron chi connectivity index (χ2n) is 5.08. The molecule has 4 heteroatoms. The molecule has 19 heavy (non-hydrogen) atoms. The van der Waals surface area contributed by atoms with Crippen molar-refractivity contribution in [3.05, 3.63) is 35.9 Å². The van der Waals surface area contributed by atoms with E-state index in [0.29, 0.717) is 19.0 Å². The molecular weight excluding hydrogens is 240 g/mol. The smallest absolute Gasteiger partial charge is 0.244 e. The summed E-state index contributed by atoms with van der Waals surface area (Å²) in [5.41, 5.74) is 6.92. The number of aliphatic hydroxyl groups is 1. The first-order valence-electron chi connectivity index (χ1n) is 6.96. The van der Waals surface area contributed by atoms with Crippen LogP contribution in [0.5, 0.6) is 0 Å². The van der Waals surface area contributed by atoms with Crippen molar-refractivity contribution in [3.8, 4) is 0 Å². The standard InChI is InChI=1S/C15H22N2O2/c16-14(12-6-2-1-3-7-12)15(19)17(10-5-11-18)13-8-4-9-13/h1-3,6-7,13-14,18H,4-5,8-11,16H2. The van der Waals surface area contributed by atoms with Crippen molar-refractivity contribution >= 4 is 5.91 Å². The Morgan fingerprint density at radius 1 is 1.37 bits per heavy atom. The summed E-state index contributed by atoms with van der Waals surface area (Å²) >= 11 is 0. The highest BCUT2D eigenvalue weighted by Gasteiger charge is 2.31. The van der Waals surface area contributed by atoms with Gasteiger partial charge in [-0.2, -0.15) is 0 Å². The zero-order valence-corrected chi connectivity index (χ0v) is 11.2. The maximum absolute atomic E-state index is 12.5. The van der Waals surface area contributed by atoms with Gasteiger partial charge in [-0.3, -0.25) is 4.79 Å². The summed E-state index contributed by atoms with van der Waals surface area (Å²) in [7, 11) is 0. The van der Waals surface area contributed by atoms with Crippen LogP contribution in [-0.4, -0.2) is 35.1 Å². The van der Waals surface area contributed by atoms with Gasteiger partial charge < -0.3 is 15.7 Å². The monoisotopic (exact) mass is 262 g/mol. The quantitative estimate of drug-likeness (QED) is 0.815. The second-order valence-corrected chi connectivity index (χ2v) is 5.08. The molecule has 2 rings (SSSR count). The molecule has 1 fully saturated rings. The predicted octanol–water partition coefficient (Wildman–Crippen LogP) is 1.45. The zero-order chi connectivity index (χ0) is 13.7. The highest BCUT2D eigenvalue weighted by atomic mass is 16.3. The van der Waals surface area contributed by atoms with Crippen LogP contribution >= 0.6 is 0 Å². The highest BCUT2D eigenvalue weighted by Crippen LogP contribution is 2.27. The average molecular weight is 262 g/mol. The molecule has 3 N–H and O–H groups in total. The number of carbonyl (C=O) groups excluding carboxylic acids is 1. The normalized spacial score (nSPS) is 16.7. The van der Waals surface area contributed by atoms with E-state index in [-0.39, 0.29) is 12.5 Å². The Bertz CT molecular complexity index is 404. The van der Waals surface area contributed by atoms with Gasteiger partial charge in [0.15, 0.2) is 0 Å². The first-order valence-corrected chi connectivity index (χ1v) is 6.96. The highest BCUT2D eigenvalue weighted by molar-refractivity contribution is 5.83. The lowest BCUT2D eigenvalue weighted by molar-refractivity contribution is -0.137. The minimum Gasteiger partial charge on any atom is -0.396 e. The fraction of sp³-hybridized carbons (Fsp3) is 0.533. The Morgan fingerprint density at radius 3 is 2.58 bits per heavy atom. The minimum absolute atomic E-state index is 0.0237. The second kappa shape index (κ2) is 6.68. The summed E-state index contributed by atoms with van der Waals surface area (Å²) in [5.74, 6) is -0.0237. The molecule has 0 spiro atoms. The molecule has 0 radical (unpaired) electrons. The molecule has 104 valence electrons. The van der Waals surface area contributed by atoms with E-state index < -0.39 is 6.04 Å². The molecule has 0 aromatic heterocycles. The van der Waals surface area contributed by atoms with Crippen molar-refractivity contribution < 1.29 is 9.90 Å². The van der Waals surface area contributed by atoms with E-state index in [1.165, 1.54) is 6.42 Å². The lowest BCUT2D eigenvalue weighted by Crippen LogP contribution is -2.48. The lowest BCUT2D eigenvalue weighted by Gasteiger charge is -2.39. The molecule has 0 aliphatic heterocycles. The third-order valence-corrected chi connectivity index (χ3v) is 3.78. The topological polar surface area (TPSA) is 66.6 Å². The maximum atomic E-state index is 12.5. The van der Waals surface area contributed by atoms with Gasteiger partial charge in [-0.1, -0.05) is 30.3 Å². The largest absolute Gasteiger partial charge is 0.396 e. The molecular formula is C15H22N2O2. The zero-order valence-electron chi connectivity index (χ0n) is 11.2. The van der Waals surface area contributed by atoms with Crippen LogP contribution in [0, 0.1) is 0 Å². The van der Waals surface area contributed by atoms with E-state index in [0.717, 1.165) is 18.4 Å². The molecule has 1 aliphatic carbocycles. The number of nitrogens with zero attached hydrogens (tertiary/aromatic N) is 1. The van der Waals surface area contributed by atoms with Gasteiger partial charge in [0.05, 0.1) is 0 Å². The van der Waals surface area contributed by atoms with Gasteiger partial charge in [0.1, 0.15) is 6.04 Å². The average Bonchev–Trinajstić information content (AvgIpc) is 2.40. The van der Waals surface area contributed by atoms with Crippen molar-refractivity contribution in [3.63, 3.8) is 0 Å². The van der Waals surface area contributed by atoms with Crippen molar-refractivity contribution in [2.45, 2.75) is 37.8 Å². The van der Waals surface area contributed by atoms with Crippen LogP contribution in [0.2, 0.25) is 0 Å². The van der Waals surface area contributed by atoms with E-state index >= 15 is 0 Å². The maximum Gasteiger partial charge on any atom is 0.244 e. The van der Waals surface area contributed by atoms with Crippen molar-refractivity contribution in [2.24, 2.45) is 5.73 Å². The van der Waals surface area contributed by atoms with Crippen molar-refractivity contribution in [1.82, 2.24) is 4.90 Å². The van der Waals surface area contributed by atoms with Gasteiger partial charge in [0.25, 0.3) is 0 Å². The van der Waals surface area contributed by atoms with E-state index in [2.05, 4.69) is 0 Å². The van der Waals surface area contributed by atoms with E-state index in [9.17, 15) is 4.79 Å². The summed E-state index contributed by atoms with van der Waals surface area (Å²) in [4.78, 5) is 14.4. The van der Waals surface area contributed by atoms with Crippen LogP contribution in [0.15, 0.2) is 30.3 Å². The number of benzene rings is 1. The van der Waals surface area contributed by atoms with Gasteiger partial charge in [0.2, 0.25) is 5.91 Å². The molecule has 4 nitrogen and oxygen atoms in total. The van der Waals surface area contributed by atoms with Gasteiger partial charge in [-0.25, -0.2) is 0 Å². The number of hydrogen-bond acceptors (Lipinski definition) is 3. The molecule has 1 aromatic rings. The number of amides is 1. The molecule has 1 unspecified atom stereocenters. The Kier molecular flexibility index (Phi) is 4.93. The van der Waals surface area contributed by atoms with Crippen LogP contribution in [0.25, 0.3) is 0 Å². The van der Waals surface area contributed by atoms with Crippen LogP contribution in [0.1, 0.15) is 37.3 Å². The van der Waals surface area contributed by atoms with Crippen molar-refractivity contribution in [1.29, 1.82) is 0 Å². The molecule has 0 saturated heterocycles. The Hall–Kier alpha value is -1.39. The number of rotatable bonds is 6. The van der Waals surface area contributed by atoms with E-state index in [1.807, 2.05) is 35.2 Å². The summed E-state index contributed by atoms with van der Waals surface area (Å²) in [6.45, 7) is 0.706. The van der Waals surface area contributed by atoms with Crippen molar-refractivity contribution in [2.75, 3.05) is 13.2 Å². The lowest BCUT2D eigenvalue weighted by atomic mass is 9.90. The number of carbonyl (C=O) groups is 1. The third-order valence-electron chi connectivity index (χ3n) is 3.78. The van der Waals surface area contributed by atoms with Gasteiger partial charge >= 0.3 is 0 Å². The van der Waals surface area contributed by atoms with Crippen LogP contribution < -0.4 is 5.73 Å². The number of aliphatic hydroxyl groups excluding tert-OH is 1. The Labute approximate surface area is 114 Å².